The summed E-state index contributed by atoms with van der Waals surface area (Å²) in [5.74, 6) is -1.26. The minimum absolute atomic E-state index is 0.0623. The fourth-order valence-corrected chi connectivity index (χ4v) is 2.78. The molecule has 3 aromatic rings. The Morgan fingerprint density at radius 2 is 1.96 bits per heavy atom. The Labute approximate surface area is 158 Å². The fourth-order valence-electron chi connectivity index (χ4n) is 2.65. The molecule has 0 atom stereocenters. The van der Waals surface area contributed by atoms with E-state index >= 15 is 0 Å². The number of nitrogens with one attached hydrogen (secondary N) is 1. The van der Waals surface area contributed by atoms with Gasteiger partial charge in [-0.2, -0.15) is 0 Å². The smallest absolute Gasteiger partial charge is 0.335 e. The zero-order valence-electron chi connectivity index (χ0n) is 14.2. The third-order valence-electron chi connectivity index (χ3n) is 3.92. The van der Waals surface area contributed by atoms with Gasteiger partial charge in [-0.15, -0.1) is 0 Å². The first kappa shape index (κ1) is 18.4. The lowest BCUT2D eigenvalue weighted by molar-refractivity contribution is 0.0696. The van der Waals surface area contributed by atoms with Gasteiger partial charge in [0.1, 0.15) is 5.82 Å². The van der Waals surface area contributed by atoms with Gasteiger partial charge in [-0.05, 0) is 25.1 Å². The Morgan fingerprint density at radius 3 is 2.63 bits per heavy atom. The van der Waals surface area contributed by atoms with E-state index in [4.69, 9.17) is 28.2 Å². The van der Waals surface area contributed by atoms with E-state index in [2.05, 4.69) is 20.3 Å². The Balaban J connectivity index is 1.87. The van der Waals surface area contributed by atoms with Crippen molar-refractivity contribution in [3.63, 3.8) is 0 Å². The van der Waals surface area contributed by atoms with Crippen molar-refractivity contribution in [2.45, 2.75) is 20.0 Å². The molecule has 10 nitrogen and oxygen atoms in total. The Kier molecular flexibility index (Phi) is 4.82. The number of nitrogens with zero attached hydrogens (tertiary/aromatic N) is 4. The highest BCUT2D eigenvalue weighted by molar-refractivity contribution is 6.31. The topological polar surface area (TPSA) is 162 Å². The summed E-state index contributed by atoms with van der Waals surface area (Å²) in [6, 6.07) is 4.68. The molecule has 6 N–H and O–H groups in total. The molecule has 27 heavy (non-hydrogen) atoms. The van der Waals surface area contributed by atoms with Gasteiger partial charge < -0.3 is 26.5 Å². The second-order valence-electron chi connectivity index (χ2n) is 5.60. The molecule has 0 fully saturated rings. The minimum Gasteiger partial charge on any atom is -0.478 e. The fraction of sp³-hybridized carbons (Fsp3) is 0.188. The molecule has 0 aliphatic carbocycles. The summed E-state index contributed by atoms with van der Waals surface area (Å²) < 4.78 is 1.87. The number of carboxylic acids is 1. The maximum Gasteiger partial charge on any atom is 0.335 e. The number of benzene rings is 1. The predicted octanol–water partition coefficient (Wildman–Crippen LogP) is 1.29. The summed E-state index contributed by atoms with van der Waals surface area (Å²) in [6.45, 7) is 2.58. The Bertz CT molecular complexity index is 1060. The zero-order valence-corrected chi connectivity index (χ0v) is 15.0. The molecule has 11 heteroatoms. The van der Waals surface area contributed by atoms with Crippen LogP contribution in [0.5, 0.6) is 0 Å². The molecule has 0 saturated carbocycles. The third kappa shape index (κ3) is 3.47. The van der Waals surface area contributed by atoms with E-state index in [-0.39, 0.29) is 34.6 Å². The summed E-state index contributed by atoms with van der Waals surface area (Å²) in [7, 11) is 0. The quantitative estimate of drug-likeness (QED) is 0.507. The van der Waals surface area contributed by atoms with Crippen LogP contribution in [0.1, 0.15) is 33.6 Å². The SMILES string of the molecule is CCn1c(CNC(=O)c2nc(Cl)c(N)nc2N)nc2cc(C(=O)O)ccc21. The molecular formula is C16H16ClN7O3. The van der Waals surface area contributed by atoms with E-state index in [9.17, 15) is 9.59 Å². The Hall–Kier alpha value is -3.40. The molecule has 2 aromatic heterocycles. The number of anilines is 2. The summed E-state index contributed by atoms with van der Waals surface area (Å²) in [5.41, 5.74) is 12.5. The summed E-state index contributed by atoms with van der Waals surface area (Å²) >= 11 is 5.79. The number of halogens is 1. The van der Waals surface area contributed by atoms with Crippen molar-refractivity contribution < 1.29 is 14.7 Å². The summed E-state index contributed by atoms with van der Waals surface area (Å²) in [6.07, 6.45) is 0. The number of carbonyl (C=O) groups is 2. The highest BCUT2D eigenvalue weighted by Gasteiger charge is 2.18. The first-order valence-electron chi connectivity index (χ1n) is 7.91. The molecule has 3 rings (SSSR count). The molecule has 0 aliphatic rings. The van der Waals surface area contributed by atoms with Crippen molar-refractivity contribution in [3.8, 4) is 0 Å². The van der Waals surface area contributed by atoms with Crippen molar-refractivity contribution >= 4 is 46.1 Å². The van der Waals surface area contributed by atoms with Crippen LogP contribution in [-0.4, -0.2) is 36.5 Å². The lowest BCUT2D eigenvalue weighted by Crippen LogP contribution is -2.27. The minimum atomic E-state index is -1.04. The van der Waals surface area contributed by atoms with Gasteiger partial charge in [0, 0.05) is 6.54 Å². The van der Waals surface area contributed by atoms with Crippen molar-refractivity contribution in [2.24, 2.45) is 0 Å². The van der Waals surface area contributed by atoms with Gasteiger partial charge in [0.15, 0.2) is 22.5 Å². The van der Waals surface area contributed by atoms with Gasteiger partial charge in [-0.3, -0.25) is 4.79 Å². The number of nitrogens with two attached hydrogens (primary N) is 2. The van der Waals surface area contributed by atoms with E-state index in [0.29, 0.717) is 17.9 Å². The zero-order chi connectivity index (χ0) is 19.7. The largest absolute Gasteiger partial charge is 0.478 e. The van der Waals surface area contributed by atoms with Gasteiger partial charge in [0.2, 0.25) is 0 Å². The number of aryl methyl sites for hydroxylation is 1. The highest BCUT2D eigenvalue weighted by Crippen LogP contribution is 2.19. The second kappa shape index (κ2) is 7.08. The maximum atomic E-state index is 12.4. The molecule has 0 saturated heterocycles. The lowest BCUT2D eigenvalue weighted by Gasteiger charge is -2.09. The number of imidazole rings is 1. The van der Waals surface area contributed by atoms with E-state index in [1.165, 1.54) is 12.1 Å². The van der Waals surface area contributed by atoms with Crippen LogP contribution in [0, 0.1) is 0 Å². The highest BCUT2D eigenvalue weighted by atomic mass is 35.5. The average molecular weight is 390 g/mol. The van der Waals surface area contributed by atoms with Crippen LogP contribution in [0.25, 0.3) is 11.0 Å². The monoisotopic (exact) mass is 389 g/mol. The second-order valence-corrected chi connectivity index (χ2v) is 5.96. The van der Waals surface area contributed by atoms with Crippen molar-refractivity contribution in [3.05, 3.63) is 40.4 Å². The molecule has 0 unspecified atom stereocenters. The normalized spacial score (nSPS) is 10.9. The molecule has 2 heterocycles. The molecule has 0 spiro atoms. The molecular weight excluding hydrogens is 374 g/mol. The number of nitrogen functional groups attached to an aromatic ring is 2. The predicted molar refractivity (Wildman–Crippen MR) is 99.4 cm³/mol. The van der Waals surface area contributed by atoms with Crippen LogP contribution < -0.4 is 16.8 Å². The third-order valence-corrected chi connectivity index (χ3v) is 4.20. The molecule has 0 bridgehead atoms. The number of carbonyl (C=O) groups excluding carboxylic acids is 1. The molecule has 140 valence electrons. The number of aromatic carboxylic acids is 1. The summed E-state index contributed by atoms with van der Waals surface area (Å²) in [5, 5.41) is 11.7. The van der Waals surface area contributed by atoms with Gasteiger partial charge >= 0.3 is 5.97 Å². The van der Waals surface area contributed by atoms with Crippen LogP contribution in [0.4, 0.5) is 11.6 Å². The number of rotatable bonds is 5. The van der Waals surface area contributed by atoms with E-state index in [1.807, 2.05) is 11.5 Å². The van der Waals surface area contributed by atoms with Crippen LogP contribution in [0.2, 0.25) is 5.15 Å². The standard InChI is InChI=1S/C16H16ClN7O3/c1-2-24-9-4-3-7(16(26)27)5-8(9)21-10(24)6-20-15(25)11-13(18)23-14(19)12(17)22-11/h3-5H,2,6H2,1H3,(H,20,25)(H,26,27)(H4,18,19,23). The van der Waals surface area contributed by atoms with Crippen molar-refractivity contribution in [1.29, 1.82) is 0 Å². The van der Waals surface area contributed by atoms with Gasteiger partial charge in [0.25, 0.3) is 5.91 Å². The van der Waals surface area contributed by atoms with Crippen LogP contribution in [0.3, 0.4) is 0 Å². The molecule has 1 amide bonds. The number of hydrogen-bond acceptors (Lipinski definition) is 7. The van der Waals surface area contributed by atoms with E-state index < -0.39 is 11.9 Å². The van der Waals surface area contributed by atoms with Crippen molar-refractivity contribution in [2.75, 3.05) is 11.5 Å². The number of aromatic nitrogens is 4. The number of carboxylic acid groups (broad SMARTS) is 1. The number of fused-ring (bicyclic) bond motifs is 1. The van der Waals surface area contributed by atoms with Crippen LogP contribution in [0.15, 0.2) is 18.2 Å². The first-order valence-corrected chi connectivity index (χ1v) is 8.28. The Morgan fingerprint density at radius 1 is 1.22 bits per heavy atom. The van der Waals surface area contributed by atoms with E-state index in [0.717, 1.165) is 5.52 Å². The molecule has 0 aliphatic heterocycles. The van der Waals surface area contributed by atoms with Gasteiger partial charge in [0.05, 0.1) is 23.1 Å². The molecule has 0 radical (unpaired) electrons. The average Bonchev–Trinajstić information content (AvgIpc) is 2.99. The molecule has 1 aromatic carbocycles. The number of amides is 1. The first-order chi connectivity index (χ1) is 12.8. The maximum absolute atomic E-state index is 12.4. The van der Waals surface area contributed by atoms with Crippen molar-refractivity contribution in [1.82, 2.24) is 24.8 Å². The van der Waals surface area contributed by atoms with E-state index in [1.54, 1.807) is 6.07 Å². The number of hydrogen-bond donors (Lipinski definition) is 4. The van der Waals surface area contributed by atoms with Gasteiger partial charge in [-0.25, -0.2) is 19.7 Å². The van der Waals surface area contributed by atoms with Crippen LogP contribution in [-0.2, 0) is 13.1 Å². The lowest BCUT2D eigenvalue weighted by atomic mass is 10.2. The summed E-state index contributed by atoms with van der Waals surface area (Å²) in [4.78, 5) is 35.5. The van der Waals surface area contributed by atoms with Crippen LogP contribution >= 0.6 is 11.6 Å². The van der Waals surface area contributed by atoms with Gasteiger partial charge in [-0.1, -0.05) is 11.6 Å².